The van der Waals surface area contributed by atoms with Gasteiger partial charge in [-0.3, -0.25) is 9.59 Å². The first-order valence-corrected chi connectivity index (χ1v) is 8.05. The Kier molecular flexibility index (Phi) is 4.75. The molecule has 2 aromatic carbocycles. The summed E-state index contributed by atoms with van der Waals surface area (Å²) in [7, 11) is 0. The Morgan fingerprint density at radius 1 is 1.00 bits per heavy atom. The molecule has 0 unspecified atom stereocenters. The molecular formula is C20H19NO3. The minimum absolute atomic E-state index is 0.173. The first-order valence-electron chi connectivity index (χ1n) is 8.05. The summed E-state index contributed by atoms with van der Waals surface area (Å²) in [5.74, 6) is 0.0775. The molecule has 0 radical (unpaired) electrons. The smallest absolute Gasteiger partial charge is 0.213 e. The number of rotatable bonds is 6. The van der Waals surface area contributed by atoms with E-state index in [4.69, 9.17) is 4.74 Å². The van der Waals surface area contributed by atoms with Gasteiger partial charge in [-0.25, -0.2) is 0 Å². The number of carbonyl (C=O) groups excluding carboxylic acids is 2. The number of benzene rings is 2. The molecule has 0 amide bonds. The number of hydrogen-bond acceptors (Lipinski definition) is 4. The molecule has 0 bridgehead atoms. The summed E-state index contributed by atoms with van der Waals surface area (Å²) in [5.41, 5.74) is 2.09. The van der Waals surface area contributed by atoms with Crippen LogP contribution in [0, 0.1) is 0 Å². The number of ether oxygens (including phenoxy) is 1. The predicted molar refractivity (Wildman–Crippen MR) is 92.3 cm³/mol. The molecule has 0 fully saturated rings. The van der Waals surface area contributed by atoms with Crippen molar-refractivity contribution in [3.8, 4) is 5.75 Å². The number of carbonyl (C=O) groups is 2. The van der Waals surface area contributed by atoms with E-state index < -0.39 is 0 Å². The number of hydrogen-bond donors (Lipinski definition) is 1. The van der Waals surface area contributed by atoms with Crippen LogP contribution in [0.2, 0.25) is 0 Å². The molecule has 3 rings (SSSR count). The van der Waals surface area contributed by atoms with E-state index in [1.165, 1.54) is 6.08 Å². The van der Waals surface area contributed by atoms with Crippen molar-refractivity contribution in [2.75, 3.05) is 6.54 Å². The van der Waals surface area contributed by atoms with E-state index in [0.29, 0.717) is 35.7 Å². The molecule has 0 spiro atoms. The van der Waals surface area contributed by atoms with Gasteiger partial charge in [-0.2, -0.15) is 0 Å². The Balaban J connectivity index is 1.88. The van der Waals surface area contributed by atoms with E-state index >= 15 is 0 Å². The number of ketones is 2. The summed E-state index contributed by atoms with van der Waals surface area (Å²) in [4.78, 5) is 25.0. The molecule has 0 heterocycles. The molecule has 122 valence electrons. The number of nitrogens with one attached hydrogen (secondary N) is 1. The average molecular weight is 321 g/mol. The molecule has 0 saturated carbocycles. The fourth-order valence-electron chi connectivity index (χ4n) is 2.63. The van der Waals surface area contributed by atoms with Crippen LogP contribution in [-0.4, -0.2) is 18.1 Å². The lowest BCUT2D eigenvalue weighted by molar-refractivity contribution is 0.0974. The topological polar surface area (TPSA) is 55.4 Å². The Hall–Kier alpha value is -2.88. The summed E-state index contributed by atoms with van der Waals surface area (Å²) in [6, 6.07) is 14.8. The van der Waals surface area contributed by atoms with E-state index in [9.17, 15) is 9.59 Å². The van der Waals surface area contributed by atoms with Gasteiger partial charge in [-0.1, -0.05) is 49.4 Å². The fourth-order valence-corrected chi connectivity index (χ4v) is 2.63. The normalized spacial score (nSPS) is 13.3. The zero-order valence-electron chi connectivity index (χ0n) is 13.5. The molecule has 1 aliphatic carbocycles. The van der Waals surface area contributed by atoms with Gasteiger partial charge >= 0.3 is 0 Å². The van der Waals surface area contributed by atoms with E-state index in [1.807, 2.05) is 37.3 Å². The third-order valence-corrected chi connectivity index (χ3v) is 3.84. The van der Waals surface area contributed by atoms with Crippen molar-refractivity contribution in [1.82, 2.24) is 5.32 Å². The second-order valence-corrected chi connectivity index (χ2v) is 5.63. The van der Waals surface area contributed by atoms with Gasteiger partial charge in [0, 0.05) is 18.2 Å². The SMILES string of the molecule is CCCNC1=CC(=O)c2cccc(OCc3ccccc3)c2C1=O. The van der Waals surface area contributed by atoms with Crippen LogP contribution in [-0.2, 0) is 6.61 Å². The van der Waals surface area contributed by atoms with Gasteiger partial charge in [0.1, 0.15) is 12.4 Å². The second-order valence-electron chi connectivity index (χ2n) is 5.63. The third-order valence-electron chi connectivity index (χ3n) is 3.84. The van der Waals surface area contributed by atoms with Crippen LogP contribution in [0.1, 0.15) is 39.6 Å². The van der Waals surface area contributed by atoms with Gasteiger partial charge in [0.25, 0.3) is 0 Å². The van der Waals surface area contributed by atoms with Gasteiger partial charge in [0.15, 0.2) is 5.78 Å². The van der Waals surface area contributed by atoms with Gasteiger partial charge in [-0.05, 0) is 18.1 Å². The summed E-state index contributed by atoms with van der Waals surface area (Å²) in [6.45, 7) is 3.00. The minimum atomic E-state index is -0.193. The predicted octanol–water partition coefficient (Wildman–Crippen LogP) is 3.53. The van der Waals surface area contributed by atoms with E-state index in [-0.39, 0.29) is 11.6 Å². The van der Waals surface area contributed by atoms with E-state index in [0.717, 1.165) is 12.0 Å². The average Bonchev–Trinajstić information content (AvgIpc) is 2.62. The number of allylic oxidation sites excluding steroid dienone is 2. The lowest BCUT2D eigenvalue weighted by Gasteiger charge is -2.19. The Bertz CT molecular complexity index is 794. The highest BCUT2D eigenvalue weighted by Gasteiger charge is 2.28. The first kappa shape index (κ1) is 16.0. The lowest BCUT2D eigenvalue weighted by Crippen LogP contribution is -2.27. The third kappa shape index (κ3) is 3.23. The van der Waals surface area contributed by atoms with Crippen molar-refractivity contribution >= 4 is 11.6 Å². The highest BCUT2D eigenvalue weighted by molar-refractivity contribution is 6.25. The Labute approximate surface area is 141 Å². The molecule has 2 aromatic rings. The highest BCUT2D eigenvalue weighted by Crippen LogP contribution is 2.29. The maximum atomic E-state index is 12.7. The minimum Gasteiger partial charge on any atom is -0.488 e. The zero-order chi connectivity index (χ0) is 16.9. The van der Waals surface area contributed by atoms with Crippen molar-refractivity contribution < 1.29 is 14.3 Å². The molecule has 0 aliphatic heterocycles. The number of fused-ring (bicyclic) bond motifs is 1. The summed E-state index contributed by atoms with van der Waals surface area (Å²) in [5, 5.41) is 3.03. The Morgan fingerprint density at radius 2 is 1.79 bits per heavy atom. The summed E-state index contributed by atoms with van der Waals surface area (Å²) in [6.07, 6.45) is 2.25. The largest absolute Gasteiger partial charge is 0.488 e. The van der Waals surface area contributed by atoms with Crippen molar-refractivity contribution in [3.05, 3.63) is 77.0 Å². The molecule has 24 heavy (non-hydrogen) atoms. The molecule has 0 aromatic heterocycles. The molecule has 0 saturated heterocycles. The van der Waals surface area contributed by atoms with Crippen LogP contribution in [0.5, 0.6) is 5.75 Å². The van der Waals surface area contributed by atoms with E-state index in [1.54, 1.807) is 18.2 Å². The maximum absolute atomic E-state index is 12.7. The first-order chi connectivity index (χ1) is 11.7. The van der Waals surface area contributed by atoms with Gasteiger partial charge in [0.05, 0.1) is 11.3 Å². The summed E-state index contributed by atoms with van der Waals surface area (Å²) < 4.78 is 5.83. The maximum Gasteiger partial charge on any atom is 0.213 e. The molecule has 0 atom stereocenters. The summed E-state index contributed by atoms with van der Waals surface area (Å²) >= 11 is 0. The van der Waals surface area contributed by atoms with Crippen molar-refractivity contribution in [2.24, 2.45) is 0 Å². The monoisotopic (exact) mass is 321 g/mol. The van der Waals surface area contributed by atoms with Crippen LogP contribution in [0.3, 0.4) is 0 Å². The van der Waals surface area contributed by atoms with Gasteiger partial charge in [0.2, 0.25) is 5.78 Å². The van der Waals surface area contributed by atoms with Crippen LogP contribution in [0.15, 0.2) is 60.3 Å². The zero-order valence-corrected chi connectivity index (χ0v) is 13.5. The molecule has 4 heteroatoms. The van der Waals surface area contributed by atoms with E-state index in [2.05, 4.69) is 5.32 Å². The molecule has 4 nitrogen and oxygen atoms in total. The number of Topliss-reactive ketones (excluding diaryl/α,β-unsaturated/α-hetero) is 1. The van der Waals surface area contributed by atoms with Crippen LogP contribution in [0.4, 0.5) is 0 Å². The lowest BCUT2D eigenvalue weighted by atomic mass is 9.91. The standard InChI is InChI=1S/C20H19NO3/c1-2-11-21-16-12-17(22)15-9-6-10-18(19(15)20(16)23)24-13-14-7-4-3-5-8-14/h3-10,12,21H,2,11,13H2,1H3. The van der Waals surface area contributed by atoms with Crippen molar-refractivity contribution in [2.45, 2.75) is 20.0 Å². The second kappa shape index (κ2) is 7.13. The van der Waals surface area contributed by atoms with Crippen molar-refractivity contribution in [1.29, 1.82) is 0 Å². The fraction of sp³-hybridized carbons (Fsp3) is 0.200. The highest BCUT2D eigenvalue weighted by atomic mass is 16.5. The Morgan fingerprint density at radius 3 is 2.54 bits per heavy atom. The van der Waals surface area contributed by atoms with Crippen LogP contribution >= 0.6 is 0 Å². The molecule has 1 aliphatic rings. The van der Waals surface area contributed by atoms with Gasteiger partial charge < -0.3 is 10.1 Å². The van der Waals surface area contributed by atoms with Crippen LogP contribution in [0.25, 0.3) is 0 Å². The van der Waals surface area contributed by atoms with Gasteiger partial charge in [-0.15, -0.1) is 0 Å². The van der Waals surface area contributed by atoms with Crippen LogP contribution < -0.4 is 10.1 Å². The molecular weight excluding hydrogens is 302 g/mol. The van der Waals surface area contributed by atoms with Crippen molar-refractivity contribution in [3.63, 3.8) is 0 Å². The molecule has 1 N–H and O–H groups in total. The quantitative estimate of drug-likeness (QED) is 0.884.